The Labute approximate surface area is 195 Å². The van der Waals surface area contributed by atoms with Gasteiger partial charge in [0.25, 0.3) is 0 Å². The predicted octanol–water partition coefficient (Wildman–Crippen LogP) is 6.05. The number of piperidine rings is 1. The third-order valence-corrected chi connectivity index (χ3v) is 8.39. The summed E-state index contributed by atoms with van der Waals surface area (Å²) in [5, 5.41) is 0.455. The van der Waals surface area contributed by atoms with Crippen molar-refractivity contribution in [2.75, 3.05) is 20.2 Å². The summed E-state index contributed by atoms with van der Waals surface area (Å²) in [5.41, 5.74) is 3.78. The molecule has 32 heavy (non-hydrogen) atoms. The number of nitrogens with zero attached hydrogens (tertiary/aromatic N) is 1. The Balaban J connectivity index is 1.32. The minimum absolute atomic E-state index is 0.182. The van der Waals surface area contributed by atoms with Gasteiger partial charge in [0.2, 0.25) is 10.0 Å². The van der Waals surface area contributed by atoms with Crippen LogP contribution in [0.25, 0.3) is 11.1 Å². The summed E-state index contributed by atoms with van der Waals surface area (Å²) in [6.45, 7) is 1.07. The molecule has 0 atom stereocenters. The molecule has 1 saturated heterocycles. The maximum atomic E-state index is 13.1. The first-order valence-corrected chi connectivity index (χ1v) is 12.8. The first-order chi connectivity index (χ1) is 15.5. The molecule has 0 unspecified atom stereocenters. The van der Waals surface area contributed by atoms with E-state index < -0.39 is 10.0 Å². The van der Waals surface area contributed by atoms with Gasteiger partial charge in [-0.15, -0.1) is 0 Å². The van der Waals surface area contributed by atoms with Gasteiger partial charge < -0.3 is 4.74 Å². The third-order valence-electron chi connectivity index (χ3n) is 6.22. The summed E-state index contributed by atoms with van der Waals surface area (Å²) in [4.78, 5) is 0.182. The smallest absolute Gasteiger partial charge is 0.246 e. The number of hydrogen-bond donors (Lipinski definition) is 0. The molecule has 1 aliphatic heterocycles. The molecule has 4 rings (SSSR count). The van der Waals surface area contributed by atoms with Gasteiger partial charge >= 0.3 is 0 Å². The van der Waals surface area contributed by atoms with Gasteiger partial charge in [0.1, 0.15) is 10.6 Å². The van der Waals surface area contributed by atoms with Crippen molar-refractivity contribution in [2.24, 2.45) is 5.92 Å². The maximum absolute atomic E-state index is 13.1. The van der Waals surface area contributed by atoms with Gasteiger partial charge in [0, 0.05) is 24.2 Å². The molecule has 0 aliphatic carbocycles. The van der Waals surface area contributed by atoms with Gasteiger partial charge in [-0.25, -0.2) is 8.42 Å². The van der Waals surface area contributed by atoms with Crippen LogP contribution < -0.4 is 4.74 Å². The van der Waals surface area contributed by atoms with E-state index in [0.29, 0.717) is 29.8 Å². The monoisotopic (exact) mass is 469 g/mol. The highest BCUT2D eigenvalue weighted by atomic mass is 35.5. The molecule has 6 heteroatoms. The van der Waals surface area contributed by atoms with Crippen LogP contribution in [0.15, 0.2) is 77.7 Å². The van der Waals surface area contributed by atoms with Crippen molar-refractivity contribution in [3.05, 3.63) is 83.4 Å². The van der Waals surface area contributed by atoms with E-state index in [-0.39, 0.29) is 4.90 Å². The second-order valence-electron chi connectivity index (χ2n) is 8.24. The number of hydrogen-bond acceptors (Lipinski definition) is 3. The molecule has 0 aromatic heterocycles. The van der Waals surface area contributed by atoms with Crippen LogP contribution in [-0.2, 0) is 16.4 Å². The van der Waals surface area contributed by atoms with E-state index in [1.54, 1.807) is 16.4 Å². The molecular formula is C26H28ClNO3S. The zero-order valence-electron chi connectivity index (χ0n) is 18.2. The minimum atomic E-state index is -3.59. The lowest BCUT2D eigenvalue weighted by atomic mass is 9.91. The molecule has 0 bridgehead atoms. The Hall–Kier alpha value is -2.34. The molecule has 1 heterocycles. The van der Waals surface area contributed by atoms with E-state index >= 15 is 0 Å². The largest absolute Gasteiger partial charge is 0.495 e. The van der Waals surface area contributed by atoms with Crippen LogP contribution in [0.4, 0.5) is 0 Å². The summed E-state index contributed by atoms with van der Waals surface area (Å²) in [6, 6.07) is 23.8. The van der Waals surface area contributed by atoms with Crippen LogP contribution in [0.5, 0.6) is 5.75 Å². The van der Waals surface area contributed by atoms with Crippen LogP contribution in [0.1, 0.15) is 24.8 Å². The molecule has 4 nitrogen and oxygen atoms in total. The molecule has 3 aromatic carbocycles. The number of ether oxygens (including phenoxy) is 1. The number of aryl methyl sites for hydroxylation is 1. The van der Waals surface area contributed by atoms with Gasteiger partial charge in [-0.05, 0) is 60.4 Å². The van der Waals surface area contributed by atoms with Crippen molar-refractivity contribution < 1.29 is 13.2 Å². The Morgan fingerprint density at radius 2 is 1.59 bits per heavy atom. The zero-order valence-corrected chi connectivity index (χ0v) is 19.8. The molecule has 0 radical (unpaired) electrons. The molecule has 1 aliphatic rings. The predicted molar refractivity (Wildman–Crippen MR) is 130 cm³/mol. The van der Waals surface area contributed by atoms with E-state index in [9.17, 15) is 8.42 Å². The third kappa shape index (κ3) is 5.17. The lowest BCUT2D eigenvalue weighted by molar-refractivity contribution is 0.263. The number of rotatable bonds is 7. The standard InChI is InChI=1S/C26H28ClNO3S/c1-31-25-19-24(27)13-14-26(25)32(29,30)28-17-15-21(16-18-28)8-7-20-9-11-23(12-10-20)22-5-3-2-4-6-22/h2-6,9-14,19,21H,7-8,15-18H2,1H3. The lowest BCUT2D eigenvalue weighted by Crippen LogP contribution is -2.38. The molecule has 0 spiro atoms. The SMILES string of the molecule is COc1cc(Cl)ccc1S(=O)(=O)N1CCC(CCc2ccc(-c3ccccc3)cc2)CC1. The van der Waals surface area contributed by atoms with Crippen LogP contribution in [-0.4, -0.2) is 32.9 Å². The number of sulfonamides is 1. The van der Waals surface area contributed by atoms with Crippen molar-refractivity contribution in [1.82, 2.24) is 4.31 Å². The molecule has 1 fully saturated rings. The fraction of sp³-hybridized carbons (Fsp3) is 0.308. The second kappa shape index (κ2) is 10.1. The summed E-state index contributed by atoms with van der Waals surface area (Å²) in [6.07, 6.45) is 3.83. The number of halogens is 1. The Bertz CT molecular complexity index is 1140. The van der Waals surface area contributed by atoms with Crippen LogP contribution in [0.2, 0.25) is 5.02 Å². The minimum Gasteiger partial charge on any atom is -0.495 e. The van der Waals surface area contributed by atoms with E-state index in [2.05, 4.69) is 48.5 Å². The average molecular weight is 470 g/mol. The van der Waals surface area contributed by atoms with E-state index in [1.807, 2.05) is 6.07 Å². The average Bonchev–Trinajstić information content (AvgIpc) is 2.83. The molecule has 0 saturated carbocycles. The quantitative estimate of drug-likeness (QED) is 0.423. The number of methoxy groups -OCH3 is 1. The second-order valence-corrected chi connectivity index (χ2v) is 10.6. The molecule has 168 valence electrons. The van der Waals surface area contributed by atoms with Gasteiger partial charge in [-0.2, -0.15) is 4.31 Å². The highest BCUT2D eigenvalue weighted by Gasteiger charge is 2.31. The van der Waals surface area contributed by atoms with Gasteiger partial charge in [0.05, 0.1) is 7.11 Å². The topological polar surface area (TPSA) is 46.6 Å². The maximum Gasteiger partial charge on any atom is 0.246 e. The van der Waals surface area contributed by atoms with Crippen molar-refractivity contribution >= 4 is 21.6 Å². The summed E-state index contributed by atoms with van der Waals surface area (Å²) in [5.74, 6) is 0.820. The molecule has 3 aromatic rings. The van der Waals surface area contributed by atoms with Crippen molar-refractivity contribution in [3.8, 4) is 16.9 Å². The highest BCUT2D eigenvalue weighted by Crippen LogP contribution is 2.32. The van der Waals surface area contributed by atoms with Crippen molar-refractivity contribution in [2.45, 2.75) is 30.6 Å². The normalized spacial score (nSPS) is 15.6. The zero-order chi connectivity index (χ0) is 22.6. The fourth-order valence-electron chi connectivity index (χ4n) is 4.30. The molecule has 0 N–H and O–H groups in total. The summed E-state index contributed by atoms with van der Waals surface area (Å²) >= 11 is 5.99. The Morgan fingerprint density at radius 1 is 0.938 bits per heavy atom. The Kier molecular flexibility index (Phi) is 7.19. The van der Waals surface area contributed by atoms with Gasteiger partial charge in [-0.3, -0.25) is 0 Å². The molecular weight excluding hydrogens is 442 g/mol. The highest BCUT2D eigenvalue weighted by molar-refractivity contribution is 7.89. The molecule has 0 amide bonds. The van der Waals surface area contributed by atoms with E-state index in [0.717, 1.165) is 25.7 Å². The fourth-order valence-corrected chi connectivity index (χ4v) is 6.07. The van der Waals surface area contributed by atoms with Crippen LogP contribution in [0.3, 0.4) is 0 Å². The van der Waals surface area contributed by atoms with Crippen LogP contribution >= 0.6 is 11.6 Å². The van der Waals surface area contributed by atoms with Gasteiger partial charge in [-0.1, -0.05) is 66.2 Å². The summed E-state index contributed by atoms with van der Waals surface area (Å²) < 4.78 is 33.1. The summed E-state index contributed by atoms with van der Waals surface area (Å²) in [7, 11) is -2.13. The van der Waals surface area contributed by atoms with Crippen molar-refractivity contribution in [3.63, 3.8) is 0 Å². The first-order valence-electron chi connectivity index (χ1n) is 11.0. The van der Waals surface area contributed by atoms with E-state index in [4.69, 9.17) is 16.3 Å². The Morgan fingerprint density at radius 3 is 2.25 bits per heavy atom. The van der Waals surface area contributed by atoms with Crippen LogP contribution in [0, 0.1) is 5.92 Å². The first kappa shape index (κ1) is 22.8. The van der Waals surface area contributed by atoms with E-state index in [1.165, 1.54) is 29.9 Å². The number of benzene rings is 3. The lowest BCUT2D eigenvalue weighted by Gasteiger charge is -2.31. The van der Waals surface area contributed by atoms with Crippen molar-refractivity contribution in [1.29, 1.82) is 0 Å². The van der Waals surface area contributed by atoms with Gasteiger partial charge in [0.15, 0.2) is 0 Å².